The Morgan fingerprint density at radius 1 is 1.11 bits per heavy atom. The van der Waals surface area contributed by atoms with Crippen LogP contribution in [0.1, 0.15) is 38.8 Å². The molecule has 1 atom stereocenters. The number of alkyl halides is 3. The van der Waals surface area contributed by atoms with Crippen LogP contribution in [0, 0.1) is 5.92 Å². The van der Waals surface area contributed by atoms with Gasteiger partial charge in [0.25, 0.3) is 0 Å². The molecule has 0 aromatic heterocycles. The summed E-state index contributed by atoms with van der Waals surface area (Å²) in [6.07, 6.45) is -3.48. The minimum absolute atomic E-state index is 0.0898. The summed E-state index contributed by atoms with van der Waals surface area (Å²) >= 11 is 1.28. The Balaban J connectivity index is 1.71. The molecule has 0 saturated carbocycles. The topological polar surface area (TPSA) is 78.9 Å². The van der Waals surface area contributed by atoms with Crippen molar-refractivity contribution in [2.75, 3.05) is 11.9 Å². The lowest BCUT2D eigenvalue weighted by Gasteiger charge is -2.30. The van der Waals surface area contributed by atoms with Crippen LogP contribution in [0.5, 0.6) is 5.75 Å². The van der Waals surface area contributed by atoms with Crippen molar-refractivity contribution in [3.05, 3.63) is 53.6 Å². The van der Waals surface area contributed by atoms with Crippen molar-refractivity contribution in [2.24, 2.45) is 5.92 Å². The predicted octanol–water partition coefficient (Wildman–Crippen LogP) is 6.20. The summed E-state index contributed by atoms with van der Waals surface area (Å²) < 4.78 is 40.1. The molecule has 2 aromatic carbocycles. The number of carbonyl (C=O) groups excluding carboxylic acids is 1. The number of thioether (sulfide) groups is 1. The highest BCUT2D eigenvalue weighted by molar-refractivity contribution is 8.01. The van der Waals surface area contributed by atoms with Crippen LogP contribution in [0.4, 0.5) is 23.7 Å². The van der Waals surface area contributed by atoms with Crippen LogP contribution in [0.15, 0.2) is 47.4 Å². The largest absolute Gasteiger partial charge is 0.573 e. The minimum atomic E-state index is -4.78. The number of nitrogens with one attached hydrogen (secondary N) is 1. The number of amides is 2. The van der Waals surface area contributed by atoms with E-state index in [0.717, 1.165) is 28.2 Å². The fraction of sp³-hybridized carbons (Fsp3) is 0.440. The third-order valence-corrected chi connectivity index (χ3v) is 6.75. The van der Waals surface area contributed by atoms with E-state index in [1.165, 1.54) is 23.9 Å². The lowest BCUT2D eigenvalue weighted by molar-refractivity contribution is -0.274. The molecule has 2 N–H and O–H groups in total. The Morgan fingerprint density at radius 2 is 1.74 bits per heavy atom. The number of rotatable bonds is 8. The summed E-state index contributed by atoms with van der Waals surface area (Å²) in [5.74, 6) is -1.05. The molecule has 0 heterocycles. The number of halogens is 3. The van der Waals surface area contributed by atoms with Crippen molar-refractivity contribution >= 4 is 29.4 Å². The SMILES string of the molecule is CC(C)CN(C(=O)Nc1ccc(OC(F)(F)F)cc1)C1Cc2ccc(SC(C)(C)C(=O)O)cc2C1. The van der Waals surface area contributed by atoms with Crippen molar-refractivity contribution in [1.82, 2.24) is 4.90 Å². The van der Waals surface area contributed by atoms with Crippen molar-refractivity contribution in [2.45, 2.75) is 62.6 Å². The summed E-state index contributed by atoms with van der Waals surface area (Å²) in [5, 5.41) is 12.2. The van der Waals surface area contributed by atoms with Gasteiger partial charge < -0.3 is 20.1 Å². The minimum Gasteiger partial charge on any atom is -0.480 e. The molecule has 0 aliphatic heterocycles. The maximum absolute atomic E-state index is 13.2. The van der Waals surface area contributed by atoms with Gasteiger partial charge in [0.2, 0.25) is 0 Å². The zero-order valence-electron chi connectivity index (χ0n) is 20.0. The highest BCUT2D eigenvalue weighted by Crippen LogP contribution is 2.36. The van der Waals surface area contributed by atoms with Gasteiger partial charge in [0, 0.05) is 23.2 Å². The van der Waals surface area contributed by atoms with Gasteiger partial charge in [-0.05, 0) is 80.1 Å². The van der Waals surface area contributed by atoms with E-state index in [4.69, 9.17) is 0 Å². The average Bonchev–Trinajstić information content (AvgIpc) is 3.14. The number of nitrogens with zero attached hydrogens (tertiary/aromatic N) is 1. The van der Waals surface area contributed by atoms with E-state index in [2.05, 4.69) is 10.1 Å². The third-order valence-electron chi connectivity index (χ3n) is 5.58. The number of benzene rings is 2. The second-order valence-corrected chi connectivity index (χ2v) is 11.2. The smallest absolute Gasteiger partial charge is 0.480 e. The van der Waals surface area contributed by atoms with E-state index in [1.807, 2.05) is 32.0 Å². The highest BCUT2D eigenvalue weighted by atomic mass is 32.2. The number of anilines is 1. The quantitative estimate of drug-likeness (QED) is 0.414. The van der Waals surface area contributed by atoms with Gasteiger partial charge in [0.05, 0.1) is 0 Å². The molecule has 2 amide bonds. The van der Waals surface area contributed by atoms with Crippen LogP contribution >= 0.6 is 11.8 Å². The molecule has 1 unspecified atom stereocenters. The number of fused-ring (bicyclic) bond motifs is 1. The number of hydrogen-bond donors (Lipinski definition) is 2. The molecule has 0 radical (unpaired) electrons. The Bertz CT molecular complexity index is 1070. The molecule has 3 rings (SSSR count). The van der Waals surface area contributed by atoms with Crippen LogP contribution in [0.3, 0.4) is 0 Å². The number of carboxylic acids is 1. The molecule has 1 aliphatic rings. The summed E-state index contributed by atoms with van der Waals surface area (Å²) in [4.78, 5) is 27.3. The number of aliphatic carboxylic acids is 1. The van der Waals surface area contributed by atoms with E-state index in [-0.39, 0.29) is 23.7 Å². The van der Waals surface area contributed by atoms with Gasteiger partial charge in [-0.3, -0.25) is 4.79 Å². The molecule has 10 heteroatoms. The van der Waals surface area contributed by atoms with Gasteiger partial charge >= 0.3 is 18.4 Å². The molecule has 0 fully saturated rings. The number of urea groups is 1. The van der Waals surface area contributed by atoms with Gasteiger partial charge in [-0.2, -0.15) is 0 Å². The summed E-state index contributed by atoms with van der Waals surface area (Å²) in [5.41, 5.74) is 2.56. The molecule has 2 aromatic rings. The first-order valence-corrected chi connectivity index (χ1v) is 12.0. The lowest BCUT2D eigenvalue weighted by atomic mass is 10.1. The Labute approximate surface area is 206 Å². The van der Waals surface area contributed by atoms with Crippen LogP contribution in [0.2, 0.25) is 0 Å². The molecule has 0 bridgehead atoms. The Hall–Kier alpha value is -2.88. The van der Waals surface area contributed by atoms with E-state index >= 15 is 0 Å². The first kappa shape index (κ1) is 26.7. The van der Waals surface area contributed by atoms with Gasteiger partial charge in [0.1, 0.15) is 10.5 Å². The fourth-order valence-electron chi connectivity index (χ4n) is 3.92. The molecule has 0 spiro atoms. The number of carbonyl (C=O) groups is 2. The van der Waals surface area contributed by atoms with Crippen molar-refractivity contribution in [1.29, 1.82) is 0 Å². The summed E-state index contributed by atoms with van der Waals surface area (Å²) in [6, 6.07) is 10.5. The molecule has 1 aliphatic carbocycles. The molecule has 6 nitrogen and oxygen atoms in total. The van der Waals surface area contributed by atoms with Crippen LogP contribution in [-0.4, -0.2) is 45.7 Å². The Kier molecular flexibility index (Phi) is 7.93. The second-order valence-electron chi connectivity index (χ2n) is 9.46. The third kappa shape index (κ3) is 7.30. The average molecular weight is 511 g/mol. The molecule has 190 valence electrons. The van der Waals surface area contributed by atoms with E-state index in [1.54, 1.807) is 18.7 Å². The second kappa shape index (κ2) is 10.4. The maximum atomic E-state index is 13.2. The summed E-state index contributed by atoms with van der Waals surface area (Å²) in [7, 11) is 0. The van der Waals surface area contributed by atoms with Gasteiger partial charge in [-0.1, -0.05) is 19.9 Å². The van der Waals surface area contributed by atoms with E-state index in [0.29, 0.717) is 25.1 Å². The Morgan fingerprint density at radius 3 is 2.31 bits per heavy atom. The maximum Gasteiger partial charge on any atom is 0.573 e. The zero-order valence-corrected chi connectivity index (χ0v) is 20.8. The zero-order chi connectivity index (χ0) is 26.0. The van der Waals surface area contributed by atoms with Crippen molar-refractivity contribution in [3.8, 4) is 5.75 Å². The van der Waals surface area contributed by atoms with Crippen LogP contribution in [-0.2, 0) is 17.6 Å². The molecule has 0 saturated heterocycles. The monoisotopic (exact) mass is 510 g/mol. The van der Waals surface area contributed by atoms with Crippen molar-refractivity contribution < 1.29 is 32.6 Å². The van der Waals surface area contributed by atoms with Crippen LogP contribution in [0.25, 0.3) is 0 Å². The molecule has 35 heavy (non-hydrogen) atoms. The molecular weight excluding hydrogens is 481 g/mol. The first-order chi connectivity index (χ1) is 16.2. The normalized spacial score (nSPS) is 15.6. The number of hydrogen-bond acceptors (Lipinski definition) is 4. The molecular formula is C25H29F3N2O4S. The first-order valence-electron chi connectivity index (χ1n) is 11.2. The van der Waals surface area contributed by atoms with Gasteiger partial charge in [-0.25, -0.2) is 4.79 Å². The van der Waals surface area contributed by atoms with E-state index < -0.39 is 17.1 Å². The van der Waals surface area contributed by atoms with Gasteiger partial charge in [0.15, 0.2) is 0 Å². The number of carboxylic acid groups (broad SMARTS) is 1. The number of ether oxygens (including phenoxy) is 1. The summed E-state index contributed by atoms with van der Waals surface area (Å²) in [6.45, 7) is 7.84. The van der Waals surface area contributed by atoms with Crippen molar-refractivity contribution in [3.63, 3.8) is 0 Å². The van der Waals surface area contributed by atoms with E-state index in [9.17, 15) is 27.9 Å². The van der Waals surface area contributed by atoms with Gasteiger partial charge in [-0.15, -0.1) is 24.9 Å². The van der Waals surface area contributed by atoms with Crippen LogP contribution < -0.4 is 10.1 Å². The predicted molar refractivity (Wildman–Crippen MR) is 129 cm³/mol. The standard InChI is InChI=1S/C25H29F3N2O4S/c1-15(2)14-30(23(33)29-18-6-8-20(9-7-18)34-25(26,27)28)19-11-16-5-10-21(13-17(16)12-19)35-24(3,4)22(31)32/h5-10,13,15,19H,11-12,14H2,1-4H3,(H,29,33)(H,31,32). The lowest BCUT2D eigenvalue weighted by Crippen LogP contribution is -2.45. The highest BCUT2D eigenvalue weighted by Gasteiger charge is 2.33. The fourth-order valence-corrected chi connectivity index (χ4v) is 4.93.